The number of sulfonamides is 2. The van der Waals surface area contributed by atoms with Gasteiger partial charge in [-0.3, -0.25) is 0 Å². The van der Waals surface area contributed by atoms with E-state index in [1.54, 1.807) is 48.5 Å². The Morgan fingerprint density at radius 3 is 1.42 bits per heavy atom. The van der Waals surface area contributed by atoms with Crippen LogP contribution in [0, 0.1) is 13.8 Å². The molecule has 0 unspecified atom stereocenters. The van der Waals surface area contributed by atoms with Crippen LogP contribution >= 0.6 is 0 Å². The Morgan fingerprint density at radius 1 is 0.697 bits per heavy atom. The first-order valence-electron chi connectivity index (χ1n) is 11.1. The summed E-state index contributed by atoms with van der Waals surface area (Å²) in [6.07, 6.45) is 1.31. The number of hydrogen-bond acceptors (Lipinski definition) is 5. The molecule has 2 aromatic carbocycles. The van der Waals surface area contributed by atoms with Crippen LogP contribution in [-0.4, -0.2) is 64.7 Å². The Morgan fingerprint density at radius 2 is 1.06 bits per heavy atom. The largest absolute Gasteiger partial charge is 0.317 e. The highest BCUT2D eigenvalue weighted by molar-refractivity contribution is 7.89. The molecule has 1 aliphatic heterocycles. The van der Waals surface area contributed by atoms with E-state index >= 15 is 0 Å². The molecule has 1 saturated heterocycles. The van der Waals surface area contributed by atoms with Gasteiger partial charge in [-0.25, -0.2) is 16.8 Å². The quantitative estimate of drug-likeness (QED) is 0.665. The van der Waals surface area contributed by atoms with E-state index in [2.05, 4.69) is 11.9 Å². The topological polar surface area (TPSA) is 86.8 Å². The van der Waals surface area contributed by atoms with Crippen molar-refractivity contribution in [3.63, 3.8) is 0 Å². The predicted octanol–water partition coefficient (Wildman–Crippen LogP) is 2.92. The van der Waals surface area contributed by atoms with Crippen LogP contribution in [0.25, 0.3) is 0 Å². The van der Waals surface area contributed by atoms with E-state index in [1.807, 2.05) is 13.8 Å². The van der Waals surface area contributed by atoms with Gasteiger partial charge in [-0.2, -0.15) is 8.61 Å². The average molecular weight is 492 g/mol. The summed E-state index contributed by atoms with van der Waals surface area (Å²) in [6, 6.07) is 13.5. The molecule has 0 amide bonds. The molecule has 3 rings (SSSR count). The van der Waals surface area contributed by atoms with E-state index in [9.17, 15) is 16.8 Å². The van der Waals surface area contributed by atoms with Gasteiger partial charge in [0.1, 0.15) is 0 Å². The van der Waals surface area contributed by atoms with Crippen molar-refractivity contribution in [3.8, 4) is 0 Å². The van der Waals surface area contributed by atoms with Crippen LogP contribution in [0.4, 0.5) is 0 Å². The normalized spacial score (nSPS) is 18.4. The van der Waals surface area contributed by atoms with E-state index in [1.165, 1.54) is 8.61 Å². The predicted molar refractivity (Wildman–Crippen MR) is 131 cm³/mol. The average Bonchev–Trinajstić information content (AvgIpc) is 2.76. The van der Waals surface area contributed by atoms with Crippen molar-refractivity contribution in [2.24, 2.45) is 0 Å². The Kier molecular flexibility index (Phi) is 8.47. The molecule has 2 aromatic rings. The number of hydrogen-bond donors (Lipinski definition) is 1. The molecule has 180 valence electrons. The second-order valence-corrected chi connectivity index (χ2v) is 12.4. The van der Waals surface area contributed by atoms with Crippen LogP contribution in [0.1, 0.15) is 24.0 Å². The highest BCUT2D eigenvalue weighted by Crippen LogP contribution is 2.21. The zero-order chi connectivity index (χ0) is 24.1. The molecule has 0 saturated carbocycles. The third-order valence-corrected chi connectivity index (χ3v) is 9.36. The first-order chi connectivity index (χ1) is 15.6. The molecular weight excluding hydrogens is 458 g/mol. The Hall–Kier alpha value is -2.04. The second-order valence-electron chi connectivity index (χ2n) is 8.51. The van der Waals surface area contributed by atoms with Gasteiger partial charge in [-0.1, -0.05) is 42.0 Å². The molecule has 0 aromatic heterocycles. The monoisotopic (exact) mass is 491 g/mol. The number of benzene rings is 2. The van der Waals surface area contributed by atoms with Gasteiger partial charge in [0.15, 0.2) is 0 Å². The minimum absolute atomic E-state index is 0.0656. The summed E-state index contributed by atoms with van der Waals surface area (Å²) in [5.74, 6) is 0. The van der Waals surface area contributed by atoms with E-state index < -0.39 is 20.0 Å². The second kappa shape index (κ2) is 10.9. The molecule has 0 aliphatic carbocycles. The van der Waals surface area contributed by atoms with E-state index in [0.29, 0.717) is 44.6 Å². The lowest BCUT2D eigenvalue weighted by Crippen LogP contribution is -2.40. The molecule has 0 radical (unpaired) electrons. The van der Waals surface area contributed by atoms with Gasteiger partial charge in [-0.15, -0.1) is 0 Å². The fraction of sp³-hybridized carbons (Fsp3) is 0.417. The number of rotatable bonds is 4. The number of aryl methyl sites for hydroxylation is 2. The Balaban J connectivity index is 1.86. The molecule has 0 atom stereocenters. The van der Waals surface area contributed by atoms with Crippen LogP contribution in [0.2, 0.25) is 0 Å². The zero-order valence-corrected chi connectivity index (χ0v) is 21.0. The van der Waals surface area contributed by atoms with Crippen LogP contribution < -0.4 is 5.32 Å². The van der Waals surface area contributed by atoms with Crippen molar-refractivity contribution in [1.29, 1.82) is 0 Å². The molecule has 1 N–H and O–H groups in total. The van der Waals surface area contributed by atoms with Crippen molar-refractivity contribution in [3.05, 3.63) is 71.8 Å². The molecule has 9 heteroatoms. The molecule has 1 heterocycles. The molecule has 0 bridgehead atoms. The van der Waals surface area contributed by atoms with Crippen molar-refractivity contribution in [2.45, 2.75) is 36.5 Å². The summed E-state index contributed by atoms with van der Waals surface area (Å²) >= 11 is 0. The molecule has 7 nitrogen and oxygen atoms in total. The van der Waals surface area contributed by atoms with Crippen molar-refractivity contribution in [2.75, 3.05) is 39.3 Å². The Labute approximate surface area is 198 Å². The summed E-state index contributed by atoms with van der Waals surface area (Å²) in [6.45, 7) is 9.95. The SMILES string of the molecule is C=C1CN(S(=O)(=O)c2ccc(C)cc2)CCCNCCCN(S(=O)(=O)c2ccc(C)cc2)C1. The van der Waals surface area contributed by atoms with Gasteiger partial charge in [0.25, 0.3) is 0 Å². The lowest BCUT2D eigenvalue weighted by Gasteiger charge is -2.28. The maximum Gasteiger partial charge on any atom is 0.243 e. The summed E-state index contributed by atoms with van der Waals surface area (Å²) in [5.41, 5.74) is 2.50. The fourth-order valence-corrected chi connectivity index (χ4v) is 6.72. The van der Waals surface area contributed by atoms with E-state index in [4.69, 9.17) is 0 Å². The summed E-state index contributed by atoms with van der Waals surface area (Å²) in [5, 5.41) is 3.29. The fourth-order valence-electron chi connectivity index (χ4n) is 3.72. The van der Waals surface area contributed by atoms with Crippen molar-refractivity contribution < 1.29 is 16.8 Å². The van der Waals surface area contributed by atoms with Crippen molar-refractivity contribution in [1.82, 2.24) is 13.9 Å². The smallest absolute Gasteiger partial charge is 0.243 e. The van der Waals surface area contributed by atoms with Gasteiger partial charge in [0, 0.05) is 26.2 Å². The lowest BCUT2D eigenvalue weighted by molar-refractivity contribution is 0.381. The molecule has 1 fully saturated rings. The summed E-state index contributed by atoms with van der Waals surface area (Å²) < 4.78 is 56.1. The maximum absolute atomic E-state index is 13.3. The lowest BCUT2D eigenvalue weighted by atomic mass is 10.2. The standard InChI is InChI=1S/C24H33N3O4S2/c1-20-6-10-23(11-7-20)32(28,29)26-16-4-14-25-15-5-17-27(19-22(3)18-26)33(30,31)24-12-8-21(2)9-13-24/h6-13,25H,3-5,14-19H2,1-2H3. The Bertz CT molecular complexity index is 1070. The maximum atomic E-state index is 13.3. The molecular formula is C24H33N3O4S2. The van der Waals surface area contributed by atoms with E-state index in [0.717, 1.165) is 11.1 Å². The third-order valence-electron chi connectivity index (χ3n) is 5.64. The summed E-state index contributed by atoms with van der Waals surface area (Å²) in [4.78, 5) is 0.454. The first-order valence-corrected chi connectivity index (χ1v) is 14.0. The number of nitrogens with one attached hydrogen (secondary N) is 1. The molecule has 33 heavy (non-hydrogen) atoms. The van der Waals surface area contributed by atoms with Gasteiger partial charge in [0.2, 0.25) is 20.0 Å². The minimum atomic E-state index is -3.73. The van der Waals surface area contributed by atoms with Crippen molar-refractivity contribution >= 4 is 20.0 Å². The van der Waals surface area contributed by atoms with Crippen LogP contribution in [0.15, 0.2) is 70.5 Å². The van der Waals surface area contributed by atoms with Gasteiger partial charge < -0.3 is 5.32 Å². The molecule has 1 aliphatic rings. The minimum Gasteiger partial charge on any atom is -0.317 e. The van der Waals surface area contributed by atoms with E-state index in [-0.39, 0.29) is 22.9 Å². The third kappa shape index (κ3) is 6.51. The van der Waals surface area contributed by atoms with Gasteiger partial charge in [0.05, 0.1) is 9.79 Å². The van der Waals surface area contributed by atoms with Crippen LogP contribution in [0.5, 0.6) is 0 Å². The number of nitrogens with zero attached hydrogens (tertiary/aromatic N) is 2. The highest BCUT2D eigenvalue weighted by atomic mass is 32.2. The first kappa shape index (κ1) is 25.6. The van der Waals surface area contributed by atoms with Crippen LogP contribution in [0.3, 0.4) is 0 Å². The zero-order valence-electron chi connectivity index (χ0n) is 19.3. The van der Waals surface area contributed by atoms with Gasteiger partial charge in [-0.05, 0) is 69.6 Å². The highest BCUT2D eigenvalue weighted by Gasteiger charge is 2.28. The molecule has 0 spiro atoms. The summed E-state index contributed by atoms with van der Waals surface area (Å²) in [7, 11) is -7.47. The van der Waals surface area contributed by atoms with Gasteiger partial charge >= 0.3 is 0 Å². The van der Waals surface area contributed by atoms with Crippen LogP contribution in [-0.2, 0) is 20.0 Å².